The smallest absolute Gasteiger partial charge is 0.240 e. The van der Waals surface area contributed by atoms with Crippen molar-refractivity contribution in [2.75, 3.05) is 0 Å². The molecule has 1 amide bonds. The Kier molecular flexibility index (Phi) is 3.15. The third kappa shape index (κ3) is 2.82. The number of nitrogens with one attached hydrogen (secondary N) is 1. The summed E-state index contributed by atoms with van der Waals surface area (Å²) in [6, 6.07) is 5.77. The molecule has 0 aromatic carbocycles. The molecule has 4 heteroatoms. The van der Waals surface area contributed by atoms with Crippen molar-refractivity contribution in [3.63, 3.8) is 0 Å². The van der Waals surface area contributed by atoms with Crippen molar-refractivity contribution < 1.29 is 4.79 Å². The maximum atomic E-state index is 11.9. The highest BCUT2D eigenvalue weighted by Crippen LogP contribution is 2.38. The Bertz CT molecular complexity index is 424. The minimum atomic E-state index is -0.732. The molecule has 0 saturated heterocycles. The van der Waals surface area contributed by atoms with Gasteiger partial charge in [-0.25, -0.2) is 0 Å². The summed E-state index contributed by atoms with van der Waals surface area (Å²) >= 11 is 0. The van der Waals surface area contributed by atoms with Crippen molar-refractivity contribution in [3.8, 4) is 0 Å². The van der Waals surface area contributed by atoms with Crippen molar-refractivity contribution in [3.05, 3.63) is 29.6 Å². The lowest BCUT2D eigenvalue weighted by atomic mass is 9.96. The quantitative estimate of drug-likeness (QED) is 0.819. The van der Waals surface area contributed by atoms with Gasteiger partial charge in [-0.2, -0.15) is 0 Å². The van der Waals surface area contributed by atoms with E-state index in [1.807, 2.05) is 32.0 Å². The van der Waals surface area contributed by atoms with E-state index < -0.39 is 5.54 Å². The molecule has 0 aliphatic heterocycles. The third-order valence-corrected chi connectivity index (χ3v) is 3.29. The minimum Gasteiger partial charge on any atom is -0.349 e. The van der Waals surface area contributed by atoms with Gasteiger partial charge in [0.1, 0.15) is 0 Å². The second-order valence-electron chi connectivity index (χ2n) is 5.01. The normalized spacial score (nSPS) is 18.5. The average Bonchev–Trinajstić information content (AvgIpc) is 3.09. The second kappa shape index (κ2) is 4.45. The van der Waals surface area contributed by atoms with E-state index in [0.29, 0.717) is 12.5 Å². The van der Waals surface area contributed by atoms with Crippen LogP contribution in [0.5, 0.6) is 0 Å². The number of amides is 1. The monoisotopic (exact) mass is 233 g/mol. The minimum absolute atomic E-state index is 0.0803. The molecule has 1 atom stereocenters. The molecule has 1 fully saturated rings. The number of pyridine rings is 1. The molecule has 0 spiro atoms. The molecule has 1 heterocycles. The van der Waals surface area contributed by atoms with E-state index in [9.17, 15) is 4.79 Å². The van der Waals surface area contributed by atoms with E-state index in [2.05, 4.69) is 10.3 Å². The Hall–Kier alpha value is -1.42. The lowest BCUT2D eigenvalue weighted by Gasteiger charge is -2.23. The molecule has 92 valence electrons. The van der Waals surface area contributed by atoms with E-state index in [1.54, 1.807) is 0 Å². The van der Waals surface area contributed by atoms with Crippen LogP contribution in [-0.2, 0) is 11.3 Å². The van der Waals surface area contributed by atoms with E-state index in [0.717, 1.165) is 24.2 Å². The molecule has 1 saturated carbocycles. The molecular formula is C13H19N3O. The molecule has 1 aliphatic carbocycles. The van der Waals surface area contributed by atoms with Crippen LogP contribution in [0.2, 0.25) is 0 Å². The number of carbonyl (C=O) groups is 1. The Morgan fingerprint density at radius 3 is 2.88 bits per heavy atom. The molecule has 2 rings (SSSR count). The van der Waals surface area contributed by atoms with Gasteiger partial charge in [0, 0.05) is 5.69 Å². The van der Waals surface area contributed by atoms with Crippen LogP contribution in [0.3, 0.4) is 0 Å². The first-order chi connectivity index (χ1) is 8.00. The lowest BCUT2D eigenvalue weighted by Crippen LogP contribution is -2.53. The van der Waals surface area contributed by atoms with Crippen LogP contribution < -0.4 is 11.1 Å². The van der Waals surface area contributed by atoms with Crippen LogP contribution in [0.4, 0.5) is 0 Å². The zero-order valence-corrected chi connectivity index (χ0v) is 10.4. The number of hydrogen-bond donors (Lipinski definition) is 2. The zero-order valence-electron chi connectivity index (χ0n) is 10.4. The van der Waals surface area contributed by atoms with Crippen LogP contribution in [-0.4, -0.2) is 16.4 Å². The number of carbonyl (C=O) groups excluding carboxylic acids is 1. The topological polar surface area (TPSA) is 68.0 Å². The van der Waals surface area contributed by atoms with E-state index in [4.69, 9.17) is 5.73 Å². The number of aromatic nitrogens is 1. The first kappa shape index (κ1) is 12.0. The number of nitrogens with two attached hydrogens (primary N) is 1. The number of hydrogen-bond acceptors (Lipinski definition) is 3. The predicted molar refractivity (Wildman–Crippen MR) is 66.1 cm³/mol. The van der Waals surface area contributed by atoms with Crippen molar-refractivity contribution in [1.82, 2.24) is 10.3 Å². The second-order valence-corrected chi connectivity index (χ2v) is 5.01. The molecule has 0 radical (unpaired) electrons. The summed E-state index contributed by atoms with van der Waals surface area (Å²) in [7, 11) is 0. The van der Waals surface area contributed by atoms with Gasteiger partial charge in [0.2, 0.25) is 5.91 Å². The number of aryl methyl sites for hydroxylation is 1. The van der Waals surface area contributed by atoms with Gasteiger partial charge < -0.3 is 11.1 Å². The van der Waals surface area contributed by atoms with Gasteiger partial charge in [-0.15, -0.1) is 0 Å². The molecule has 3 N–H and O–H groups in total. The van der Waals surface area contributed by atoms with E-state index in [-0.39, 0.29) is 5.91 Å². The van der Waals surface area contributed by atoms with Gasteiger partial charge in [0.25, 0.3) is 0 Å². The third-order valence-electron chi connectivity index (χ3n) is 3.29. The predicted octanol–water partition coefficient (Wildman–Crippen LogP) is 1.13. The Morgan fingerprint density at radius 1 is 1.59 bits per heavy atom. The largest absolute Gasteiger partial charge is 0.349 e. The highest BCUT2D eigenvalue weighted by Gasteiger charge is 2.43. The Labute approximate surface area is 102 Å². The van der Waals surface area contributed by atoms with E-state index >= 15 is 0 Å². The van der Waals surface area contributed by atoms with Crippen molar-refractivity contribution in [1.29, 1.82) is 0 Å². The molecule has 1 unspecified atom stereocenters. The van der Waals surface area contributed by atoms with Crippen LogP contribution >= 0.6 is 0 Å². The van der Waals surface area contributed by atoms with Crippen molar-refractivity contribution in [2.45, 2.75) is 38.8 Å². The van der Waals surface area contributed by atoms with Gasteiger partial charge in [0.15, 0.2) is 0 Å². The van der Waals surface area contributed by atoms with Crippen molar-refractivity contribution in [2.24, 2.45) is 11.7 Å². The highest BCUT2D eigenvalue weighted by atomic mass is 16.2. The highest BCUT2D eigenvalue weighted by molar-refractivity contribution is 5.86. The summed E-state index contributed by atoms with van der Waals surface area (Å²) in [5.41, 5.74) is 7.11. The molecule has 1 aromatic rings. The van der Waals surface area contributed by atoms with Gasteiger partial charge in [-0.1, -0.05) is 6.07 Å². The van der Waals surface area contributed by atoms with E-state index in [1.165, 1.54) is 0 Å². The fraction of sp³-hybridized carbons (Fsp3) is 0.538. The Balaban J connectivity index is 1.92. The SMILES string of the molecule is Cc1cccc(CNC(=O)C(C)(N)C2CC2)n1. The molecular weight excluding hydrogens is 214 g/mol. The zero-order chi connectivity index (χ0) is 12.5. The molecule has 1 aliphatic rings. The fourth-order valence-corrected chi connectivity index (χ4v) is 1.93. The summed E-state index contributed by atoms with van der Waals surface area (Å²) in [4.78, 5) is 16.3. The van der Waals surface area contributed by atoms with Crippen LogP contribution in [0.25, 0.3) is 0 Å². The van der Waals surface area contributed by atoms with Crippen LogP contribution in [0.15, 0.2) is 18.2 Å². The number of nitrogens with zero attached hydrogens (tertiary/aromatic N) is 1. The van der Waals surface area contributed by atoms with Gasteiger partial charge in [-0.05, 0) is 44.7 Å². The molecule has 17 heavy (non-hydrogen) atoms. The van der Waals surface area contributed by atoms with Gasteiger partial charge >= 0.3 is 0 Å². The molecule has 0 bridgehead atoms. The standard InChI is InChI=1S/C13H19N3O/c1-9-4-3-5-11(16-9)8-15-12(17)13(2,14)10-6-7-10/h3-5,10H,6-8,14H2,1-2H3,(H,15,17). The van der Waals surface area contributed by atoms with Crippen molar-refractivity contribution >= 4 is 5.91 Å². The maximum Gasteiger partial charge on any atom is 0.240 e. The van der Waals surface area contributed by atoms with Crippen LogP contribution in [0.1, 0.15) is 31.2 Å². The summed E-state index contributed by atoms with van der Waals surface area (Å²) in [5, 5.41) is 2.86. The Morgan fingerprint density at radius 2 is 2.29 bits per heavy atom. The first-order valence-electron chi connectivity index (χ1n) is 6.00. The summed E-state index contributed by atoms with van der Waals surface area (Å²) in [5.74, 6) is 0.260. The fourth-order valence-electron chi connectivity index (χ4n) is 1.93. The molecule has 1 aromatic heterocycles. The van der Waals surface area contributed by atoms with Gasteiger partial charge in [0.05, 0.1) is 17.8 Å². The summed E-state index contributed by atoms with van der Waals surface area (Å²) < 4.78 is 0. The first-order valence-corrected chi connectivity index (χ1v) is 6.00. The average molecular weight is 233 g/mol. The summed E-state index contributed by atoms with van der Waals surface area (Å²) in [6.07, 6.45) is 2.12. The molecule has 4 nitrogen and oxygen atoms in total. The number of rotatable bonds is 4. The summed E-state index contributed by atoms with van der Waals surface area (Å²) in [6.45, 7) is 4.19. The maximum absolute atomic E-state index is 11.9. The lowest BCUT2D eigenvalue weighted by molar-refractivity contribution is -0.126. The van der Waals surface area contributed by atoms with Crippen LogP contribution in [0, 0.1) is 12.8 Å². The van der Waals surface area contributed by atoms with Gasteiger partial charge in [-0.3, -0.25) is 9.78 Å².